The molecule has 1 aliphatic heterocycles. The molecular weight excluding hydrogens is 256 g/mol. The van der Waals surface area contributed by atoms with Gasteiger partial charge in [0.25, 0.3) is 0 Å². The second-order valence-electron chi connectivity index (χ2n) is 9.96. The predicted octanol–water partition coefficient (Wildman–Crippen LogP) is 4.20. The van der Waals surface area contributed by atoms with Gasteiger partial charge in [-0.3, -0.25) is 4.90 Å². The average molecular weight is 293 g/mol. The van der Waals surface area contributed by atoms with Gasteiger partial charge in [-0.15, -0.1) is 0 Å². The summed E-state index contributed by atoms with van der Waals surface area (Å²) >= 11 is 0. The standard InChI is InChI=1S/C19H36N2/c1-15-12-20-19(8-6-7-9-19)14-21(15)16-10-17(2,3)13-18(4,5)11-16/h15-16,20H,6-14H2,1-5H3. The Morgan fingerprint density at radius 3 is 2.10 bits per heavy atom. The Morgan fingerprint density at radius 2 is 1.52 bits per heavy atom. The van der Waals surface area contributed by atoms with Crippen molar-refractivity contribution < 1.29 is 0 Å². The summed E-state index contributed by atoms with van der Waals surface area (Å²) in [5, 5.41) is 3.91. The van der Waals surface area contributed by atoms with Crippen LogP contribution in [0.2, 0.25) is 0 Å². The van der Waals surface area contributed by atoms with Gasteiger partial charge in [-0.05, 0) is 49.9 Å². The molecule has 1 saturated heterocycles. The highest BCUT2D eigenvalue weighted by Crippen LogP contribution is 2.48. The van der Waals surface area contributed by atoms with E-state index in [1.54, 1.807) is 0 Å². The molecule has 2 saturated carbocycles. The molecular formula is C19H36N2. The lowest BCUT2D eigenvalue weighted by Crippen LogP contribution is -2.65. The summed E-state index contributed by atoms with van der Waals surface area (Å²) in [6.45, 7) is 14.9. The first kappa shape index (κ1) is 15.8. The van der Waals surface area contributed by atoms with E-state index in [0.717, 1.165) is 6.04 Å². The van der Waals surface area contributed by atoms with Gasteiger partial charge >= 0.3 is 0 Å². The fourth-order valence-corrected chi connectivity index (χ4v) is 5.94. The van der Waals surface area contributed by atoms with Gasteiger partial charge in [-0.2, -0.15) is 0 Å². The zero-order valence-corrected chi connectivity index (χ0v) is 15.0. The SMILES string of the molecule is CC1CNC2(CCCC2)CN1C1CC(C)(C)CC(C)(C)C1. The molecule has 0 bridgehead atoms. The van der Waals surface area contributed by atoms with Crippen LogP contribution in [0.3, 0.4) is 0 Å². The van der Waals surface area contributed by atoms with E-state index in [9.17, 15) is 0 Å². The summed E-state index contributed by atoms with van der Waals surface area (Å²) in [5.74, 6) is 0. The van der Waals surface area contributed by atoms with Crippen molar-refractivity contribution in [1.82, 2.24) is 10.2 Å². The summed E-state index contributed by atoms with van der Waals surface area (Å²) in [4.78, 5) is 2.89. The third kappa shape index (κ3) is 3.32. The van der Waals surface area contributed by atoms with Gasteiger partial charge in [0.05, 0.1) is 0 Å². The van der Waals surface area contributed by atoms with E-state index < -0.39 is 0 Å². The molecule has 3 rings (SSSR count). The number of hydrogen-bond acceptors (Lipinski definition) is 2. The number of piperazine rings is 1. The Labute approximate surface area is 132 Å². The lowest BCUT2D eigenvalue weighted by molar-refractivity contribution is -0.0238. The van der Waals surface area contributed by atoms with Gasteiger partial charge in [0, 0.05) is 30.7 Å². The van der Waals surface area contributed by atoms with Crippen LogP contribution in [-0.2, 0) is 0 Å². The van der Waals surface area contributed by atoms with Crippen molar-refractivity contribution in [2.75, 3.05) is 13.1 Å². The number of nitrogens with one attached hydrogen (secondary N) is 1. The van der Waals surface area contributed by atoms with Crippen LogP contribution in [0.5, 0.6) is 0 Å². The Kier molecular flexibility index (Phi) is 3.94. The first-order valence-corrected chi connectivity index (χ1v) is 9.21. The number of rotatable bonds is 1. The van der Waals surface area contributed by atoms with E-state index in [1.165, 1.54) is 58.0 Å². The smallest absolute Gasteiger partial charge is 0.0309 e. The van der Waals surface area contributed by atoms with Crippen molar-refractivity contribution in [2.45, 2.75) is 97.2 Å². The lowest BCUT2D eigenvalue weighted by atomic mass is 9.63. The largest absolute Gasteiger partial charge is 0.308 e. The fraction of sp³-hybridized carbons (Fsp3) is 1.00. The monoisotopic (exact) mass is 292 g/mol. The van der Waals surface area contributed by atoms with E-state index in [2.05, 4.69) is 44.8 Å². The second-order valence-corrected chi connectivity index (χ2v) is 9.96. The van der Waals surface area contributed by atoms with Crippen LogP contribution < -0.4 is 5.32 Å². The fourth-order valence-electron chi connectivity index (χ4n) is 5.94. The van der Waals surface area contributed by atoms with E-state index in [0.29, 0.717) is 22.4 Å². The van der Waals surface area contributed by atoms with E-state index in [1.807, 2.05) is 0 Å². The molecule has 0 aromatic heterocycles. The summed E-state index contributed by atoms with van der Waals surface area (Å²) in [5.41, 5.74) is 1.46. The van der Waals surface area contributed by atoms with Crippen LogP contribution in [0, 0.1) is 10.8 Å². The van der Waals surface area contributed by atoms with Crippen LogP contribution in [-0.4, -0.2) is 35.6 Å². The molecule has 2 nitrogen and oxygen atoms in total. The van der Waals surface area contributed by atoms with Crippen LogP contribution >= 0.6 is 0 Å². The van der Waals surface area contributed by atoms with Gasteiger partial charge < -0.3 is 5.32 Å². The average Bonchev–Trinajstić information content (AvgIpc) is 2.77. The van der Waals surface area contributed by atoms with Crippen molar-refractivity contribution in [2.24, 2.45) is 10.8 Å². The molecule has 21 heavy (non-hydrogen) atoms. The highest BCUT2D eigenvalue weighted by Gasteiger charge is 2.46. The van der Waals surface area contributed by atoms with E-state index in [4.69, 9.17) is 0 Å². The summed E-state index contributed by atoms with van der Waals surface area (Å²) < 4.78 is 0. The third-order valence-corrected chi connectivity index (χ3v) is 6.39. The molecule has 1 atom stereocenters. The Balaban J connectivity index is 1.77. The Morgan fingerprint density at radius 1 is 0.952 bits per heavy atom. The summed E-state index contributed by atoms with van der Waals surface area (Å²) in [7, 11) is 0. The number of hydrogen-bond donors (Lipinski definition) is 1. The molecule has 1 heterocycles. The maximum atomic E-state index is 3.91. The molecule has 1 N–H and O–H groups in total. The first-order chi connectivity index (χ1) is 9.71. The zero-order chi connectivity index (χ0) is 15.3. The molecule has 3 fully saturated rings. The molecule has 1 spiro atoms. The molecule has 0 radical (unpaired) electrons. The molecule has 0 aromatic rings. The molecule has 0 amide bonds. The van der Waals surface area contributed by atoms with E-state index >= 15 is 0 Å². The van der Waals surface area contributed by atoms with Crippen molar-refractivity contribution in [3.05, 3.63) is 0 Å². The summed E-state index contributed by atoms with van der Waals surface area (Å²) in [6.07, 6.45) is 9.80. The maximum Gasteiger partial charge on any atom is 0.0309 e. The number of nitrogens with zero attached hydrogens (tertiary/aromatic N) is 1. The predicted molar refractivity (Wildman–Crippen MR) is 90.6 cm³/mol. The Bertz CT molecular complexity index is 363. The molecule has 1 unspecified atom stereocenters. The highest BCUT2D eigenvalue weighted by molar-refractivity contribution is 5.04. The molecule has 122 valence electrons. The molecule has 2 aliphatic carbocycles. The van der Waals surface area contributed by atoms with Gasteiger partial charge in [0.2, 0.25) is 0 Å². The van der Waals surface area contributed by atoms with Crippen molar-refractivity contribution in [1.29, 1.82) is 0 Å². The van der Waals surface area contributed by atoms with Crippen LogP contribution in [0.4, 0.5) is 0 Å². The summed E-state index contributed by atoms with van der Waals surface area (Å²) in [6, 6.07) is 1.49. The van der Waals surface area contributed by atoms with Gasteiger partial charge in [0.15, 0.2) is 0 Å². The van der Waals surface area contributed by atoms with Crippen molar-refractivity contribution in [3.63, 3.8) is 0 Å². The molecule has 2 heteroatoms. The minimum atomic E-state index is 0.457. The van der Waals surface area contributed by atoms with Crippen LogP contribution in [0.15, 0.2) is 0 Å². The normalized spacial score (nSPS) is 36.1. The maximum absolute atomic E-state index is 3.91. The second kappa shape index (κ2) is 5.23. The molecule has 3 aliphatic rings. The lowest BCUT2D eigenvalue weighted by Gasteiger charge is -2.54. The van der Waals surface area contributed by atoms with Crippen molar-refractivity contribution >= 4 is 0 Å². The Hall–Kier alpha value is -0.0800. The topological polar surface area (TPSA) is 15.3 Å². The zero-order valence-electron chi connectivity index (χ0n) is 15.0. The highest BCUT2D eigenvalue weighted by atomic mass is 15.3. The first-order valence-electron chi connectivity index (χ1n) is 9.21. The van der Waals surface area contributed by atoms with Gasteiger partial charge in [-0.1, -0.05) is 40.5 Å². The quantitative estimate of drug-likeness (QED) is 0.779. The van der Waals surface area contributed by atoms with Gasteiger partial charge in [0.1, 0.15) is 0 Å². The van der Waals surface area contributed by atoms with Crippen molar-refractivity contribution in [3.8, 4) is 0 Å². The van der Waals surface area contributed by atoms with Gasteiger partial charge in [-0.25, -0.2) is 0 Å². The van der Waals surface area contributed by atoms with Crippen LogP contribution in [0.25, 0.3) is 0 Å². The third-order valence-electron chi connectivity index (χ3n) is 6.39. The van der Waals surface area contributed by atoms with E-state index in [-0.39, 0.29) is 0 Å². The minimum Gasteiger partial charge on any atom is -0.308 e. The van der Waals surface area contributed by atoms with Crippen LogP contribution in [0.1, 0.15) is 79.6 Å². The minimum absolute atomic E-state index is 0.457. The molecule has 0 aromatic carbocycles.